The molecule has 1 saturated heterocycles. The van der Waals surface area contributed by atoms with E-state index in [1.807, 2.05) is 7.05 Å². The Hall–Kier alpha value is -1.71. The Morgan fingerprint density at radius 2 is 1.83 bits per heavy atom. The number of sulfonamides is 1. The van der Waals surface area contributed by atoms with Gasteiger partial charge in [0.05, 0.1) is 12.3 Å². The zero-order valence-corrected chi connectivity index (χ0v) is 14.4. The first-order chi connectivity index (χ1) is 11.4. The number of benzene rings is 1. The van der Waals surface area contributed by atoms with Crippen LogP contribution in [0.4, 0.5) is 4.39 Å². The van der Waals surface area contributed by atoms with Crippen LogP contribution in [0, 0.1) is 5.82 Å². The summed E-state index contributed by atoms with van der Waals surface area (Å²) in [7, 11) is -1.63. The fraction of sp³-hybridized carbons (Fsp3) is 0.533. The van der Waals surface area contributed by atoms with Gasteiger partial charge in [-0.05, 0) is 31.3 Å². The van der Waals surface area contributed by atoms with Crippen molar-refractivity contribution in [2.75, 3.05) is 52.1 Å². The predicted molar refractivity (Wildman–Crippen MR) is 87.8 cm³/mol. The van der Waals surface area contributed by atoms with Crippen molar-refractivity contribution in [1.82, 2.24) is 14.5 Å². The lowest BCUT2D eigenvalue weighted by Crippen LogP contribution is -2.50. The number of hydrogen-bond acceptors (Lipinski definition) is 5. The van der Waals surface area contributed by atoms with E-state index in [0.29, 0.717) is 18.8 Å². The lowest BCUT2D eigenvalue weighted by Gasteiger charge is -2.32. The molecule has 9 heteroatoms. The van der Waals surface area contributed by atoms with Crippen LogP contribution in [0.2, 0.25) is 0 Å². The van der Waals surface area contributed by atoms with Crippen molar-refractivity contribution in [3.05, 3.63) is 30.1 Å². The summed E-state index contributed by atoms with van der Waals surface area (Å²) in [6, 6.07) is 5.31. The summed E-state index contributed by atoms with van der Waals surface area (Å²) in [5, 5.41) is 0. The molecule has 0 spiro atoms. The van der Waals surface area contributed by atoms with E-state index in [0.717, 1.165) is 13.1 Å². The van der Waals surface area contributed by atoms with E-state index in [-0.39, 0.29) is 30.6 Å². The van der Waals surface area contributed by atoms with Crippen LogP contribution in [0.1, 0.15) is 0 Å². The van der Waals surface area contributed by atoms with Gasteiger partial charge in [-0.1, -0.05) is 0 Å². The first-order valence-electron chi connectivity index (χ1n) is 7.68. The van der Waals surface area contributed by atoms with Crippen molar-refractivity contribution in [2.24, 2.45) is 0 Å². The van der Waals surface area contributed by atoms with Crippen LogP contribution in [0.15, 0.2) is 24.3 Å². The molecule has 0 radical (unpaired) electrons. The van der Waals surface area contributed by atoms with Gasteiger partial charge in [-0.15, -0.1) is 0 Å². The Labute approximate surface area is 141 Å². The maximum absolute atomic E-state index is 12.7. The Balaban J connectivity index is 1.71. The van der Waals surface area contributed by atoms with E-state index in [1.54, 1.807) is 4.90 Å². The molecule has 1 fully saturated rings. The van der Waals surface area contributed by atoms with Gasteiger partial charge in [-0.3, -0.25) is 4.79 Å². The van der Waals surface area contributed by atoms with Gasteiger partial charge >= 0.3 is 0 Å². The molecule has 1 aliphatic heterocycles. The lowest BCUT2D eigenvalue weighted by atomic mass is 10.3. The first kappa shape index (κ1) is 18.6. The summed E-state index contributed by atoms with van der Waals surface area (Å²) in [5.41, 5.74) is 0. The number of hydrogen-bond donors (Lipinski definition) is 1. The molecule has 1 aromatic carbocycles. The zero-order valence-electron chi connectivity index (χ0n) is 13.6. The average Bonchev–Trinajstić information content (AvgIpc) is 2.55. The second-order valence-electron chi connectivity index (χ2n) is 5.63. The maximum atomic E-state index is 12.7. The second-order valence-corrected chi connectivity index (χ2v) is 7.55. The summed E-state index contributed by atoms with van der Waals surface area (Å²) >= 11 is 0. The summed E-state index contributed by atoms with van der Waals surface area (Å²) in [6.07, 6.45) is 0. The fourth-order valence-electron chi connectivity index (χ4n) is 2.21. The fourth-order valence-corrected chi connectivity index (χ4v) is 3.00. The quantitative estimate of drug-likeness (QED) is 0.735. The topological polar surface area (TPSA) is 79.0 Å². The van der Waals surface area contributed by atoms with Crippen LogP contribution >= 0.6 is 0 Å². The third-order valence-electron chi connectivity index (χ3n) is 3.73. The molecule has 1 heterocycles. The normalized spacial score (nSPS) is 16.2. The predicted octanol–water partition coefficient (Wildman–Crippen LogP) is -0.102. The number of nitrogens with one attached hydrogen (secondary N) is 1. The monoisotopic (exact) mass is 359 g/mol. The van der Waals surface area contributed by atoms with Crippen LogP contribution in [0.5, 0.6) is 5.75 Å². The van der Waals surface area contributed by atoms with Gasteiger partial charge in [0.2, 0.25) is 15.9 Å². The molecular formula is C15H22FN3O4S. The molecule has 7 nitrogen and oxygen atoms in total. The number of amides is 1. The highest BCUT2D eigenvalue weighted by atomic mass is 32.2. The molecule has 0 saturated carbocycles. The first-order valence-corrected chi connectivity index (χ1v) is 9.33. The van der Waals surface area contributed by atoms with Crippen molar-refractivity contribution in [1.29, 1.82) is 0 Å². The van der Waals surface area contributed by atoms with Gasteiger partial charge in [0.25, 0.3) is 0 Å². The van der Waals surface area contributed by atoms with E-state index in [1.165, 1.54) is 24.3 Å². The molecule has 134 valence electrons. The van der Waals surface area contributed by atoms with Gasteiger partial charge in [0.1, 0.15) is 18.2 Å². The number of rotatable bonds is 7. The maximum Gasteiger partial charge on any atom is 0.237 e. The minimum atomic E-state index is -3.61. The second kappa shape index (κ2) is 8.41. The van der Waals surface area contributed by atoms with Gasteiger partial charge in [0.15, 0.2) is 0 Å². The van der Waals surface area contributed by atoms with Crippen LogP contribution in [0.25, 0.3) is 0 Å². The molecule has 0 aromatic heterocycles. The number of carbonyl (C=O) groups excluding carboxylic acids is 1. The number of carbonyl (C=O) groups is 1. The Morgan fingerprint density at radius 3 is 2.46 bits per heavy atom. The summed E-state index contributed by atoms with van der Waals surface area (Å²) in [6.45, 7) is 2.44. The van der Waals surface area contributed by atoms with Crippen LogP contribution < -0.4 is 9.46 Å². The molecule has 1 amide bonds. The van der Waals surface area contributed by atoms with Gasteiger partial charge in [0, 0.05) is 26.2 Å². The Morgan fingerprint density at radius 1 is 1.21 bits per heavy atom. The summed E-state index contributed by atoms with van der Waals surface area (Å²) in [4.78, 5) is 15.8. The third-order valence-corrected chi connectivity index (χ3v) is 5.02. The van der Waals surface area contributed by atoms with Crippen LogP contribution in [-0.2, 0) is 14.8 Å². The van der Waals surface area contributed by atoms with Crippen molar-refractivity contribution in [2.45, 2.75) is 0 Å². The van der Waals surface area contributed by atoms with Gasteiger partial charge in [-0.25, -0.2) is 17.5 Å². The van der Waals surface area contributed by atoms with E-state index in [2.05, 4.69) is 9.62 Å². The number of halogens is 1. The number of piperazine rings is 1. The van der Waals surface area contributed by atoms with E-state index < -0.39 is 10.0 Å². The van der Waals surface area contributed by atoms with Gasteiger partial charge in [-0.2, -0.15) is 0 Å². The molecule has 24 heavy (non-hydrogen) atoms. The largest absolute Gasteiger partial charge is 0.492 e. The van der Waals surface area contributed by atoms with E-state index >= 15 is 0 Å². The molecule has 1 aromatic rings. The standard InChI is InChI=1S/C15H22FN3O4S/c1-18-6-8-19(9-7-18)15(20)12-17-24(21,22)11-10-23-14-4-2-13(16)3-5-14/h2-5,17H,6-12H2,1H3. The number of ether oxygens (including phenoxy) is 1. The van der Waals surface area contributed by atoms with Crippen molar-refractivity contribution < 1.29 is 22.3 Å². The van der Waals surface area contributed by atoms with Crippen LogP contribution in [0.3, 0.4) is 0 Å². The van der Waals surface area contributed by atoms with Crippen LogP contribution in [-0.4, -0.2) is 76.3 Å². The highest BCUT2D eigenvalue weighted by Crippen LogP contribution is 2.10. The molecule has 0 bridgehead atoms. The highest BCUT2D eigenvalue weighted by molar-refractivity contribution is 7.89. The molecule has 2 rings (SSSR count). The van der Waals surface area contributed by atoms with E-state index in [9.17, 15) is 17.6 Å². The minimum absolute atomic E-state index is 0.0797. The molecule has 1 aliphatic rings. The molecule has 0 unspecified atom stereocenters. The van der Waals surface area contributed by atoms with E-state index in [4.69, 9.17) is 4.74 Å². The average molecular weight is 359 g/mol. The van der Waals surface area contributed by atoms with Gasteiger partial charge < -0.3 is 14.5 Å². The Kier molecular flexibility index (Phi) is 6.52. The minimum Gasteiger partial charge on any atom is -0.492 e. The third kappa shape index (κ3) is 6.06. The SMILES string of the molecule is CN1CCN(C(=O)CNS(=O)(=O)CCOc2ccc(F)cc2)CC1. The number of likely N-dealkylation sites (N-methyl/N-ethyl adjacent to an activating group) is 1. The summed E-state index contributed by atoms with van der Waals surface area (Å²) < 4.78 is 44.1. The molecule has 1 N–H and O–H groups in total. The Bertz CT molecular complexity index is 643. The van der Waals surface area contributed by atoms with Crippen molar-refractivity contribution >= 4 is 15.9 Å². The van der Waals surface area contributed by atoms with Crippen molar-refractivity contribution in [3.63, 3.8) is 0 Å². The summed E-state index contributed by atoms with van der Waals surface area (Å²) in [5.74, 6) is -0.509. The zero-order chi connectivity index (χ0) is 17.6. The molecule has 0 aliphatic carbocycles. The smallest absolute Gasteiger partial charge is 0.237 e. The van der Waals surface area contributed by atoms with Crippen molar-refractivity contribution in [3.8, 4) is 5.75 Å². The highest BCUT2D eigenvalue weighted by Gasteiger charge is 2.20. The molecule has 0 atom stereocenters. The molecular weight excluding hydrogens is 337 g/mol. The number of nitrogens with zero attached hydrogens (tertiary/aromatic N) is 2. The lowest BCUT2D eigenvalue weighted by molar-refractivity contribution is -0.131.